The zero-order chi connectivity index (χ0) is 23.8. The molecule has 2 aliphatic heterocycles. The number of nitrogens with zero attached hydrogens (tertiary/aromatic N) is 1. The number of carbonyl (C=O) groups is 4. The van der Waals surface area contributed by atoms with Crippen molar-refractivity contribution in [2.24, 2.45) is 34.8 Å². The molecule has 2 saturated heterocycles. The second kappa shape index (κ2) is 9.97. The Morgan fingerprint density at radius 2 is 1.55 bits per heavy atom. The van der Waals surface area contributed by atoms with Crippen LogP contribution in [0.4, 0.5) is 0 Å². The van der Waals surface area contributed by atoms with Crippen molar-refractivity contribution in [3.8, 4) is 0 Å². The van der Waals surface area contributed by atoms with Crippen molar-refractivity contribution in [3.05, 3.63) is 0 Å². The summed E-state index contributed by atoms with van der Waals surface area (Å²) in [5.74, 6) is -0.530. The second-order valence-electron chi connectivity index (χ2n) is 11.9. The summed E-state index contributed by atoms with van der Waals surface area (Å²) >= 11 is 0. The van der Waals surface area contributed by atoms with Gasteiger partial charge in [-0.25, -0.2) is 0 Å². The van der Waals surface area contributed by atoms with Crippen molar-refractivity contribution >= 4 is 23.3 Å². The van der Waals surface area contributed by atoms with E-state index in [1.807, 2.05) is 0 Å². The van der Waals surface area contributed by atoms with E-state index < -0.39 is 18.0 Å². The van der Waals surface area contributed by atoms with E-state index in [1.165, 1.54) is 0 Å². The van der Waals surface area contributed by atoms with E-state index in [9.17, 15) is 19.2 Å². The van der Waals surface area contributed by atoms with E-state index in [0.29, 0.717) is 37.6 Å². The first kappa shape index (κ1) is 24.6. The van der Waals surface area contributed by atoms with Crippen molar-refractivity contribution in [2.45, 2.75) is 109 Å². The Kier molecular flexibility index (Phi) is 7.42. The van der Waals surface area contributed by atoms with Gasteiger partial charge in [-0.05, 0) is 48.9 Å². The van der Waals surface area contributed by atoms with Crippen LogP contribution < -0.4 is 5.73 Å². The Morgan fingerprint density at radius 1 is 0.939 bits per heavy atom. The van der Waals surface area contributed by atoms with Gasteiger partial charge in [-0.3, -0.25) is 19.2 Å². The third kappa shape index (κ3) is 5.41. The Hall–Kier alpha value is -1.56. The predicted molar refractivity (Wildman–Crippen MR) is 126 cm³/mol. The molecule has 0 aromatic heterocycles. The molecule has 0 bridgehead atoms. The largest absolute Gasteiger partial charge is 0.331 e. The summed E-state index contributed by atoms with van der Waals surface area (Å²) < 4.78 is 0. The summed E-state index contributed by atoms with van der Waals surface area (Å²) in [7, 11) is 0. The van der Waals surface area contributed by atoms with Crippen molar-refractivity contribution in [1.29, 1.82) is 0 Å². The van der Waals surface area contributed by atoms with Gasteiger partial charge in [0.2, 0.25) is 11.7 Å². The molecule has 2 heterocycles. The molecule has 2 N–H and O–H groups in total. The van der Waals surface area contributed by atoms with Crippen LogP contribution >= 0.6 is 0 Å². The van der Waals surface area contributed by atoms with Crippen molar-refractivity contribution in [2.75, 3.05) is 6.54 Å². The van der Waals surface area contributed by atoms with Gasteiger partial charge in [-0.1, -0.05) is 58.8 Å². The number of amides is 1. The van der Waals surface area contributed by atoms with E-state index in [0.717, 1.165) is 57.8 Å². The zero-order valence-electron chi connectivity index (χ0n) is 20.5. The fraction of sp³-hybridized carbons (Fsp3) is 0.852. The quantitative estimate of drug-likeness (QED) is 0.646. The molecule has 0 radical (unpaired) electrons. The number of piperidine rings is 1. The maximum absolute atomic E-state index is 13.6. The number of hydrogen-bond donors (Lipinski definition) is 1. The first-order valence-electron chi connectivity index (χ1n) is 13.4. The maximum atomic E-state index is 13.6. The first-order chi connectivity index (χ1) is 15.7. The van der Waals surface area contributed by atoms with E-state index in [4.69, 9.17) is 5.73 Å². The molecule has 6 heteroatoms. The van der Waals surface area contributed by atoms with Gasteiger partial charge >= 0.3 is 0 Å². The van der Waals surface area contributed by atoms with Crippen LogP contribution in [-0.4, -0.2) is 46.8 Å². The van der Waals surface area contributed by atoms with Gasteiger partial charge in [0.05, 0.1) is 12.1 Å². The molecule has 33 heavy (non-hydrogen) atoms. The molecule has 4 fully saturated rings. The maximum Gasteiger partial charge on any atom is 0.240 e. The molecule has 2 saturated carbocycles. The van der Waals surface area contributed by atoms with Crippen molar-refractivity contribution < 1.29 is 19.2 Å². The second-order valence-corrected chi connectivity index (χ2v) is 11.9. The van der Waals surface area contributed by atoms with Crippen LogP contribution in [-0.2, 0) is 19.2 Å². The normalized spacial score (nSPS) is 35.6. The number of carbonyl (C=O) groups excluding carboxylic acids is 4. The lowest BCUT2D eigenvalue weighted by molar-refractivity contribution is -0.143. The third-order valence-corrected chi connectivity index (χ3v) is 8.97. The molecule has 2 aliphatic carbocycles. The van der Waals surface area contributed by atoms with E-state index >= 15 is 0 Å². The monoisotopic (exact) mass is 458 g/mol. The molecule has 0 aromatic carbocycles. The minimum atomic E-state index is -0.564. The number of rotatable bonds is 4. The molecule has 0 spiro atoms. The molecule has 0 unspecified atom stereocenters. The van der Waals surface area contributed by atoms with E-state index in [1.54, 1.807) is 4.90 Å². The first-order valence-corrected chi connectivity index (χ1v) is 13.4. The van der Waals surface area contributed by atoms with Gasteiger partial charge in [0.25, 0.3) is 0 Å². The fourth-order valence-electron chi connectivity index (χ4n) is 6.46. The molecule has 5 atom stereocenters. The highest BCUT2D eigenvalue weighted by atomic mass is 16.2. The highest BCUT2D eigenvalue weighted by Crippen LogP contribution is 2.65. The third-order valence-electron chi connectivity index (χ3n) is 8.97. The van der Waals surface area contributed by atoms with Crippen LogP contribution in [0.2, 0.25) is 0 Å². The average molecular weight is 459 g/mol. The van der Waals surface area contributed by atoms with Gasteiger partial charge in [0, 0.05) is 25.3 Å². The number of nitrogens with two attached hydrogens (primary N) is 1. The Labute approximate surface area is 198 Å². The van der Waals surface area contributed by atoms with Crippen molar-refractivity contribution in [3.63, 3.8) is 0 Å². The van der Waals surface area contributed by atoms with E-state index in [-0.39, 0.29) is 41.0 Å². The van der Waals surface area contributed by atoms with Crippen LogP contribution in [0.15, 0.2) is 0 Å². The van der Waals surface area contributed by atoms with Crippen LogP contribution in [0.25, 0.3) is 0 Å². The number of ketones is 3. The summed E-state index contributed by atoms with van der Waals surface area (Å²) in [5.41, 5.74) is 6.31. The van der Waals surface area contributed by atoms with Crippen molar-refractivity contribution in [1.82, 2.24) is 4.90 Å². The molecule has 4 rings (SSSR count). The fourth-order valence-corrected chi connectivity index (χ4v) is 6.46. The molecule has 6 nitrogen and oxygen atoms in total. The number of Topliss-reactive ketones (excluding diaryl/α,β-unsaturated/α-hetero) is 3. The summed E-state index contributed by atoms with van der Waals surface area (Å²) in [4.78, 5) is 54.3. The highest BCUT2D eigenvalue weighted by Gasteiger charge is 2.69. The zero-order valence-corrected chi connectivity index (χ0v) is 20.5. The van der Waals surface area contributed by atoms with Gasteiger partial charge < -0.3 is 10.6 Å². The summed E-state index contributed by atoms with van der Waals surface area (Å²) in [6, 6.07) is -1.06. The SMILES string of the molecule is CC1(C)[C@@H]2[C@H]3C(=O)C[C@H](C(=O)C(=O)CC4CC4)CCCCCCCCC[C@H](N)C(=O)N3C[C@@H]21. The van der Waals surface area contributed by atoms with Crippen LogP contribution in [0.3, 0.4) is 0 Å². The molecule has 0 aromatic rings. The molecular formula is C27H42N2O4. The Bertz CT molecular complexity index is 787. The standard InChI is InChI=1S/C27H42N2O4/c1-27(2)19-16-29-24(23(19)27)21(30)15-18(25(32)22(31)14-17-12-13-17)10-8-6-4-3-5-7-9-11-20(28)26(29)33/h17-20,23-24H,3-16,28H2,1-2H3/t18-,19+,20+,23+,24-/m1/s1. The molecule has 184 valence electrons. The van der Waals surface area contributed by atoms with Gasteiger partial charge in [0.15, 0.2) is 11.6 Å². The number of fused-ring (bicyclic) bond motifs is 3. The molecular weight excluding hydrogens is 416 g/mol. The number of hydrogen-bond acceptors (Lipinski definition) is 5. The predicted octanol–water partition coefficient (Wildman–Crippen LogP) is 3.83. The van der Waals surface area contributed by atoms with Gasteiger partial charge in [-0.2, -0.15) is 0 Å². The average Bonchev–Trinajstić information content (AvgIpc) is 3.62. The summed E-state index contributed by atoms with van der Waals surface area (Å²) in [6.45, 7) is 4.91. The van der Waals surface area contributed by atoms with Gasteiger partial charge in [0.1, 0.15) is 0 Å². The summed E-state index contributed by atoms with van der Waals surface area (Å²) in [5, 5.41) is 0. The summed E-state index contributed by atoms with van der Waals surface area (Å²) in [6.07, 6.45) is 11.0. The topological polar surface area (TPSA) is 97.5 Å². The van der Waals surface area contributed by atoms with Crippen LogP contribution in [0, 0.1) is 29.1 Å². The molecule has 4 aliphatic rings. The highest BCUT2D eigenvalue weighted by molar-refractivity contribution is 6.38. The molecule has 1 amide bonds. The minimum absolute atomic E-state index is 0.0311. The lowest BCUT2D eigenvalue weighted by Crippen LogP contribution is -2.52. The smallest absolute Gasteiger partial charge is 0.240 e. The van der Waals surface area contributed by atoms with E-state index in [2.05, 4.69) is 13.8 Å². The van der Waals surface area contributed by atoms with Gasteiger partial charge in [-0.15, -0.1) is 0 Å². The lowest BCUT2D eigenvalue weighted by atomic mass is 9.85. The Morgan fingerprint density at radius 3 is 2.18 bits per heavy atom. The van der Waals surface area contributed by atoms with Crippen LogP contribution in [0.1, 0.15) is 97.3 Å². The Balaban J connectivity index is 1.52. The van der Waals surface area contributed by atoms with Crippen LogP contribution in [0.5, 0.6) is 0 Å². The lowest BCUT2D eigenvalue weighted by Gasteiger charge is -2.32. The minimum Gasteiger partial charge on any atom is -0.331 e.